The third-order valence-corrected chi connectivity index (χ3v) is 4.68. The van der Waals surface area contributed by atoms with Gasteiger partial charge in [-0.15, -0.1) is 0 Å². The number of aromatic nitrogens is 2. The van der Waals surface area contributed by atoms with Crippen LogP contribution in [0.3, 0.4) is 0 Å². The smallest absolute Gasteiger partial charge is 0.359 e. The first-order chi connectivity index (χ1) is 13.5. The van der Waals surface area contributed by atoms with Gasteiger partial charge in [-0.1, -0.05) is 25.1 Å². The van der Waals surface area contributed by atoms with Gasteiger partial charge in [0.05, 0.1) is 5.39 Å². The molecule has 1 amide bonds. The standard InChI is InChI=1S/C20H18IN3O4/c1-2-11-24-19(26)16-6-4-3-5-15(16)18(23-24)20(27)28-12-17(25)22-14-9-7-13(21)8-10-14/h3-10H,2,11-12H2,1H3,(H,22,25). The van der Waals surface area contributed by atoms with Gasteiger partial charge >= 0.3 is 5.97 Å². The molecule has 0 saturated carbocycles. The highest BCUT2D eigenvalue weighted by molar-refractivity contribution is 14.1. The molecular weight excluding hydrogens is 473 g/mol. The first-order valence-corrected chi connectivity index (χ1v) is 9.80. The van der Waals surface area contributed by atoms with Gasteiger partial charge in [0, 0.05) is 21.2 Å². The monoisotopic (exact) mass is 491 g/mol. The maximum atomic E-state index is 12.5. The molecule has 3 rings (SSSR count). The van der Waals surface area contributed by atoms with Crippen molar-refractivity contribution in [3.63, 3.8) is 0 Å². The highest BCUT2D eigenvalue weighted by Crippen LogP contribution is 2.15. The number of nitrogens with one attached hydrogen (secondary N) is 1. The summed E-state index contributed by atoms with van der Waals surface area (Å²) in [5.41, 5.74) is 0.373. The van der Waals surface area contributed by atoms with Crippen LogP contribution in [0.15, 0.2) is 53.3 Å². The Bertz CT molecular complexity index is 1080. The van der Waals surface area contributed by atoms with Crippen LogP contribution in [0.1, 0.15) is 23.8 Å². The van der Waals surface area contributed by atoms with E-state index in [1.165, 1.54) is 4.68 Å². The summed E-state index contributed by atoms with van der Waals surface area (Å²) < 4.78 is 7.43. The number of carbonyl (C=O) groups excluding carboxylic acids is 2. The molecule has 0 bridgehead atoms. The van der Waals surface area contributed by atoms with Crippen LogP contribution in [0.2, 0.25) is 0 Å². The predicted octanol–water partition coefficient (Wildman–Crippen LogP) is 3.21. The van der Waals surface area contributed by atoms with E-state index in [0.717, 1.165) is 3.57 Å². The Kier molecular flexibility index (Phi) is 6.40. The average molecular weight is 491 g/mol. The number of fused-ring (bicyclic) bond motifs is 1. The van der Waals surface area contributed by atoms with E-state index in [1.54, 1.807) is 36.4 Å². The van der Waals surface area contributed by atoms with Crippen LogP contribution in [0, 0.1) is 3.57 Å². The van der Waals surface area contributed by atoms with Crippen molar-refractivity contribution in [3.8, 4) is 0 Å². The van der Waals surface area contributed by atoms with Crippen molar-refractivity contribution in [2.45, 2.75) is 19.9 Å². The number of esters is 1. The fourth-order valence-corrected chi connectivity index (χ4v) is 3.04. The van der Waals surface area contributed by atoms with Gasteiger partial charge in [0.15, 0.2) is 12.3 Å². The average Bonchev–Trinajstić information content (AvgIpc) is 2.70. The molecular formula is C20H18IN3O4. The molecule has 1 N–H and O–H groups in total. The largest absolute Gasteiger partial charge is 0.451 e. The summed E-state index contributed by atoms with van der Waals surface area (Å²) in [6.45, 7) is 1.85. The Morgan fingerprint density at radius 2 is 1.79 bits per heavy atom. The second kappa shape index (κ2) is 8.96. The second-order valence-electron chi connectivity index (χ2n) is 6.05. The van der Waals surface area contributed by atoms with Crippen molar-refractivity contribution < 1.29 is 14.3 Å². The van der Waals surface area contributed by atoms with E-state index in [2.05, 4.69) is 33.0 Å². The lowest BCUT2D eigenvalue weighted by molar-refractivity contribution is -0.119. The number of carbonyl (C=O) groups is 2. The highest BCUT2D eigenvalue weighted by Gasteiger charge is 2.18. The summed E-state index contributed by atoms with van der Waals surface area (Å²) in [6.07, 6.45) is 0.693. The minimum Gasteiger partial charge on any atom is -0.451 e. The molecule has 0 fully saturated rings. The number of aryl methyl sites for hydroxylation is 1. The zero-order valence-corrected chi connectivity index (χ0v) is 17.3. The van der Waals surface area contributed by atoms with Gasteiger partial charge in [0.2, 0.25) is 0 Å². The van der Waals surface area contributed by atoms with Gasteiger partial charge in [-0.3, -0.25) is 9.59 Å². The number of anilines is 1. The number of benzene rings is 2. The summed E-state index contributed by atoms with van der Waals surface area (Å²) in [5, 5.41) is 7.61. The summed E-state index contributed by atoms with van der Waals surface area (Å²) in [5.74, 6) is -1.21. The first-order valence-electron chi connectivity index (χ1n) is 8.72. The predicted molar refractivity (Wildman–Crippen MR) is 114 cm³/mol. The van der Waals surface area contributed by atoms with E-state index in [0.29, 0.717) is 29.4 Å². The molecule has 0 aliphatic carbocycles. The molecule has 0 spiro atoms. The SMILES string of the molecule is CCCn1nc(C(=O)OCC(=O)Nc2ccc(I)cc2)c2ccccc2c1=O. The van der Waals surface area contributed by atoms with Gasteiger partial charge in [-0.25, -0.2) is 9.48 Å². The lowest BCUT2D eigenvalue weighted by atomic mass is 10.1. The molecule has 0 unspecified atom stereocenters. The lowest BCUT2D eigenvalue weighted by Gasteiger charge is -2.10. The van der Waals surface area contributed by atoms with E-state index in [1.807, 2.05) is 19.1 Å². The van der Waals surface area contributed by atoms with E-state index >= 15 is 0 Å². The van der Waals surface area contributed by atoms with Crippen molar-refractivity contribution in [1.29, 1.82) is 0 Å². The van der Waals surface area contributed by atoms with Crippen LogP contribution in [-0.2, 0) is 16.1 Å². The zero-order valence-electron chi connectivity index (χ0n) is 15.1. The molecule has 0 aliphatic heterocycles. The highest BCUT2D eigenvalue weighted by atomic mass is 127. The molecule has 144 valence electrons. The Labute approximate surface area is 174 Å². The second-order valence-corrected chi connectivity index (χ2v) is 7.30. The quantitative estimate of drug-likeness (QED) is 0.423. The van der Waals surface area contributed by atoms with Crippen molar-refractivity contribution in [2.24, 2.45) is 0 Å². The summed E-state index contributed by atoms with van der Waals surface area (Å²) in [7, 11) is 0. The van der Waals surface area contributed by atoms with Crippen LogP contribution in [-0.4, -0.2) is 28.3 Å². The zero-order chi connectivity index (χ0) is 20.1. The van der Waals surface area contributed by atoms with E-state index in [9.17, 15) is 14.4 Å². The molecule has 1 heterocycles. The minimum absolute atomic E-state index is 0.0192. The fraction of sp³-hybridized carbons (Fsp3) is 0.200. The molecule has 8 heteroatoms. The summed E-state index contributed by atoms with van der Waals surface area (Å²) >= 11 is 2.17. The van der Waals surface area contributed by atoms with Crippen LogP contribution < -0.4 is 10.9 Å². The molecule has 0 aliphatic rings. The molecule has 28 heavy (non-hydrogen) atoms. The Morgan fingerprint density at radius 1 is 1.11 bits per heavy atom. The van der Waals surface area contributed by atoms with Crippen molar-refractivity contribution in [1.82, 2.24) is 9.78 Å². The number of hydrogen-bond acceptors (Lipinski definition) is 5. The number of nitrogens with zero attached hydrogens (tertiary/aromatic N) is 2. The number of halogens is 1. The summed E-state index contributed by atoms with van der Waals surface area (Å²) in [6, 6.07) is 14.0. The van der Waals surface area contributed by atoms with Crippen LogP contribution in [0.4, 0.5) is 5.69 Å². The van der Waals surface area contributed by atoms with Crippen molar-refractivity contribution in [2.75, 3.05) is 11.9 Å². The molecule has 1 aromatic heterocycles. The molecule has 0 radical (unpaired) electrons. The minimum atomic E-state index is -0.751. The van der Waals surface area contributed by atoms with Crippen molar-refractivity contribution >= 4 is 50.9 Å². The third-order valence-electron chi connectivity index (χ3n) is 3.96. The van der Waals surface area contributed by atoms with Gasteiger partial charge in [-0.05, 0) is 59.3 Å². The number of amides is 1. The van der Waals surface area contributed by atoms with Gasteiger partial charge in [0.25, 0.3) is 11.5 Å². The van der Waals surface area contributed by atoms with Gasteiger partial charge in [0.1, 0.15) is 0 Å². The third kappa shape index (κ3) is 4.56. The number of ether oxygens (including phenoxy) is 1. The maximum Gasteiger partial charge on any atom is 0.359 e. The topological polar surface area (TPSA) is 90.3 Å². The maximum absolute atomic E-state index is 12.5. The van der Waals surface area contributed by atoms with E-state index in [4.69, 9.17) is 4.74 Å². The van der Waals surface area contributed by atoms with Gasteiger partial charge in [-0.2, -0.15) is 5.10 Å². The molecule has 0 atom stereocenters. The summed E-state index contributed by atoms with van der Waals surface area (Å²) in [4.78, 5) is 37.1. The van der Waals surface area contributed by atoms with Crippen molar-refractivity contribution in [3.05, 3.63) is 68.1 Å². The van der Waals surface area contributed by atoms with Crippen LogP contribution in [0.25, 0.3) is 10.8 Å². The first kappa shape index (κ1) is 20.0. The van der Waals surface area contributed by atoms with E-state index in [-0.39, 0.29) is 11.3 Å². The van der Waals surface area contributed by atoms with E-state index < -0.39 is 18.5 Å². The molecule has 3 aromatic rings. The molecule has 0 saturated heterocycles. The Hall–Kier alpha value is -2.75. The van der Waals surface area contributed by atoms with Gasteiger partial charge < -0.3 is 10.1 Å². The molecule has 7 nitrogen and oxygen atoms in total. The molecule has 2 aromatic carbocycles. The fourth-order valence-electron chi connectivity index (χ4n) is 2.68. The number of hydrogen-bond donors (Lipinski definition) is 1. The Balaban J connectivity index is 1.77. The Morgan fingerprint density at radius 3 is 2.46 bits per heavy atom. The van der Waals surface area contributed by atoms with Crippen LogP contribution in [0.5, 0.6) is 0 Å². The number of rotatable bonds is 6. The normalized spacial score (nSPS) is 10.6. The lowest BCUT2D eigenvalue weighted by Crippen LogP contribution is -2.27. The van der Waals surface area contributed by atoms with Crippen LogP contribution >= 0.6 is 22.6 Å².